The Morgan fingerprint density at radius 1 is 1.15 bits per heavy atom. The van der Waals surface area contributed by atoms with Crippen LogP contribution in [0.25, 0.3) is 0 Å². The molecule has 1 aromatic heterocycles. The molecule has 0 spiro atoms. The fraction of sp³-hybridized carbons (Fsp3) is 0.214. The van der Waals surface area contributed by atoms with Gasteiger partial charge in [-0.1, -0.05) is 18.2 Å². The molecule has 0 aliphatic heterocycles. The van der Waals surface area contributed by atoms with Crippen molar-refractivity contribution >= 4 is 28.8 Å². The molecular weight excluding hydrogens is 270 g/mol. The molecule has 2 aromatic rings. The molecule has 104 valence electrons. The van der Waals surface area contributed by atoms with Crippen LogP contribution in [0, 0.1) is 13.8 Å². The van der Waals surface area contributed by atoms with E-state index in [2.05, 4.69) is 9.97 Å². The molecule has 1 heterocycles. The number of hydrogen-bond acceptors (Lipinski definition) is 4. The molecule has 0 fully saturated rings. The lowest BCUT2D eigenvalue weighted by Crippen LogP contribution is -2.48. The number of aromatic nitrogens is 2. The zero-order valence-corrected chi connectivity index (χ0v) is 12.6. The van der Waals surface area contributed by atoms with Gasteiger partial charge in [-0.2, -0.15) is 0 Å². The summed E-state index contributed by atoms with van der Waals surface area (Å²) >= 11 is 5.16. The predicted octanol–water partition coefficient (Wildman–Crippen LogP) is 2.19. The number of nitrogens with zero attached hydrogens (tertiary/aromatic N) is 4. The number of hydrazine groups is 1. The largest absolute Gasteiger partial charge is 0.374 e. The molecule has 0 aliphatic carbocycles. The normalized spacial score (nSPS) is 10.2. The molecule has 2 N–H and O–H groups in total. The SMILES string of the molecule is Cc1cc(N(C)N(C(N)=S)c2ccccc2)nc(C)n1. The third kappa shape index (κ3) is 3.03. The first-order chi connectivity index (χ1) is 9.49. The highest BCUT2D eigenvalue weighted by molar-refractivity contribution is 7.80. The minimum absolute atomic E-state index is 0.257. The van der Waals surface area contributed by atoms with Gasteiger partial charge in [0.15, 0.2) is 10.9 Å². The van der Waals surface area contributed by atoms with E-state index >= 15 is 0 Å². The van der Waals surface area contributed by atoms with E-state index in [-0.39, 0.29) is 5.11 Å². The standard InChI is InChI=1S/C14H17N5S/c1-10-9-13(17-11(2)16-10)18(3)19(14(15)20)12-7-5-4-6-8-12/h4-9H,1-3H3,(H2,15,20). The molecule has 0 bridgehead atoms. The van der Waals surface area contributed by atoms with Crippen LogP contribution in [0.3, 0.4) is 0 Å². The van der Waals surface area contributed by atoms with E-state index in [1.807, 2.05) is 62.3 Å². The number of hydrogen-bond donors (Lipinski definition) is 1. The number of thiocarbonyl (C=S) groups is 1. The molecule has 1 aromatic carbocycles. The maximum absolute atomic E-state index is 5.86. The Balaban J connectivity index is 2.42. The number of anilines is 2. The fourth-order valence-corrected chi connectivity index (χ4v) is 2.21. The number of para-hydroxylation sites is 1. The highest BCUT2D eigenvalue weighted by Crippen LogP contribution is 2.20. The van der Waals surface area contributed by atoms with Crippen LogP contribution in [-0.4, -0.2) is 22.1 Å². The topological polar surface area (TPSA) is 58.3 Å². The van der Waals surface area contributed by atoms with Crippen LogP contribution in [0.2, 0.25) is 0 Å². The van der Waals surface area contributed by atoms with Crippen LogP contribution < -0.4 is 15.8 Å². The van der Waals surface area contributed by atoms with Crippen LogP contribution in [0.4, 0.5) is 11.5 Å². The summed E-state index contributed by atoms with van der Waals surface area (Å²) in [5, 5.41) is 3.81. The lowest BCUT2D eigenvalue weighted by Gasteiger charge is -2.33. The molecule has 0 saturated carbocycles. The van der Waals surface area contributed by atoms with Crippen molar-refractivity contribution in [3.05, 3.63) is 47.9 Å². The fourth-order valence-electron chi connectivity index (χ4n) is 1.98. The molecule has 5 nitrogen and oxygen atoms in total. The minimum Gasteiger partial charge on any atom is -0.374 e. The monoisotopic (exact) mass is 287 g/mol. The lowest BCUT2D eigenvalue weighted by molar-refractivity contribution is 0.900. The molecule has 0 atom stereocenters. The Kier molecular flexibility index (Phi) is 4.14. The van der Waals surface area contributed by atoms with Crippen molar-refractivity contribution in [2.45, 2.75) is 13.8 Å². The number of rotatable bonds is 3. The van der Waals surface area contributed by atoms with Crippen LogP contribution in [0.15, 0.2) is 36.4 Å². The van der Waals surface area contributed by atoms with Gasteiger partial charge in [-0.05, 0) is 38.2 Å². The van der Waals surface area contributed by atoms with Crippen molar-refractivity contribution in [1.82, 2.24) is 9.97 Å². The van der Waals surface area contributed by atoms with Crippen LogP contribution >= 0.6 is 12.2 Å². The Hall–Kier alpha value is -2.21. The maximum Gasteiger partial charge on any atom is 0.190 e. The minimum atomic E-state index is 0.257. The van der Waals surface area contributed by atoms with E-state index in [4.69, 9.17) is 18.0 Å². The number of benzene rings is 1. The van der Waals surface area contributed by atoms with Gasteiger partial charge in [-0.15, -0.1) is 0 Å². The van der Waals surface area contributed by atoms with Gasteiger partial charge in [0.05, 0.1) is 5.69 Å². The smallest absolute Gasteiger partial charge is 0.190 e. The zero-order chi connectivity index (χ0) is 14.7. The molecule has 0 radical (unpaired) electrons. The van der Waals surface area contributed by atoms with Crippen LogP contribution in [0.1, 0.15) is 11.5 Å². The predicted molar refractivity (Wildman–Crippen MR) is 85.6 cm³/mol. The molecule has 2 rings (SSSR count). The second-order valence-electron chi connectivity index (χ2n) is 4.42. The van der Waals surface area contributed by atoms with Crippen molar-refractivity contribution in [3.8, 4) is 0 Å². The molecule has 0 saturated heterocycles. The van der Waals surface area contributed by atoms with Gasteiger partial charge in [-0.25, -0.2) is 15.0 Å². The van der Waals surface area contributed by atoms with Crippen molar-refractivity contribution in [1.29, 1.82) is 0 Å². The Bertz CT molecular complexity index is 594. The summed E-state index contributed by atoms with van der Waals surface area (Å²) in [6.45, 7) is 3.79. The van der Waals surface area contributed by atoms with Crippen molar-refractivity contribution in [2.75, 3.05) is 17.1 Å². The molecule has 20 heavy (non-hydrogen) atoms. The highest BCUT2D eigenvalue weighted by Gasteiger charge is 2.17. The average molecular weight is 287 g/mol. The van der Waals surface area contributed by atoms with E-state index in [0.717, 1.165) is 17.2 Å². The van der Waals surface area contributed by atoms with E-state index in [0.29, 0.717) is 5.82 Å². The van der Waals surface area contributed by atoms with Gasteiger partial charge >= 0.3 is 0 Å². The van der Waals surface area contributed by atoms with E-state index < -0.39 is 0 Å². The Labute approximate surface area is 124 Å². The zero-order valence-electron chi connectivity index (χ0n) is 11.7. The number of nitrogens with two attached hydrogens (primary N) is 1. The summed E-state index contributed by atoms with van der Waals surface area (Å²) in [6.07, 6.45) is 0. The molecule has 6 heteroatoms. The van der Waals surface area contributed by atoms with Crippen molar-refractivity contribution < 1.29 is 0 Å². The second-order valence-corrected chi connectivity index (χ2v) is 4.84. The van der Waals surface area contributed by atoms with Gasteiger partial charge in [0, 0.05) is 18.8 Å². The number of aryl methyl sites for hydroxylation is 2. The summed E-state index contributed by atoms with van der Waals surface area (Å²) in [5.41, 5.74) is 7.64. The summed E-state index contributed by atoms with van der Waals surface area (Å²) in [7, 11) is 1.87. The van der Waals surface area contributed by atoms with E-state index in [1.165, 1.54) is 0 Å². The van der Waals surface area contributed by atoms with Crippen LogP contribution in [-0.2, 0) is 0 Å². The van der Waals surface area contributed by atoms with Crippen molar-refractivity contribution in [2.24, 2.45) is 5.73 Å². The first-order valence-corrected chi connectivity index (χ1v) is 6.60. The molecule has 0 aliphatic rings. The van der Waals surface area contributed by atoms with Gasteiger partial charge in [0.2, 0.25) is 0 Å². The van der Waals surface area contributed by atoms with E-state index in [1.54, 1.807) is 5.01 Å². The summed E-state index contributed by atoms with van der Waals surface area (Å²) in [5.74, 6) is 1.45. The first kappa shape index (κ1) is 14.2. The maximum atomic E-state index is 5.86. The summed E-state index contributed by atoms with van der Waals surface area (Å²) in [6, 6.07) is 11.6. The van der Waals surface area contributed by atoms with Gasteiger partial charge in [-0.3, -0.25) is 5.01 Å². The van der Waals surface area contributed by atoms with Gasteiger partial charge < -0.3 is 5.73 Å². The summed E-state index contributed by atoms with van der Waals surface area (Å²) < 4.78 is 0. The molecule has 0 amide bonds. The van der Waals surface area contributed by atoms with Crippen LogP contribution in [0.5, 0.6) is 0 Å². The van der Waals surface area contributed by atoms with E-state index in [9.17, 15) is 0 Å². The third-order valence-corrected chi connectivity index (χ3v) is 2.97. The Morgan fingerprint density at radius 2 is 1.80 bits per heavy atom. The van der Waals surface area contributed by atoms with Gasteiger partial charge in [0.1, 0.15) is 5.82 Å². The Morgan fingerprint density at radius 3 is 2.35 bits per heavy atom. The average Bonchev–Trinajstić information content (AvgIpc) is 2.38. The quantitative estimate of drug-likeness (QED) is 0.690. The summed E-state index contributed by atoms with van der Waals surface area (Å²) in [4.78, 5) is 8.69. The van der Waals surface area contributed by atoms with Gasteiger partial charge in [0.25, 0.3) is 0 Å². The molecule has 0 unspecified atom stereocenters. The van der Waals surface area contributed by atoms with Crippen molar-refractivity contribution in [3.63, 3.8) is 0 Å². The lowest BCUT2D eigenvalue weighted by atomic mass is 10.3. The highest BCUT2D eigenvalue weighted by atomic mass is 32.1. The molecular formula is C14H17N5S. The third-order valence-electron chi connectivity index (χ3n) is 2.79. The first-order valence-electron chi connectivity index (χ1n) is 6.19. The second kappa shape index (κ2) is 5.83.